The number of hydrogen-bond donors (Lipinski definition) is 1. The maximum Gasteiger partial charge on any atom is 0.286 e. The molecule has 1 amide bonds. The molecule has 2 aliphatic heterocycles. The van der Waals surface area contributed by atoms with Crippen molar-refractivity contribution in [1.82, 2.24) is 9.88 Å². The summed E-state index contributed by atoms with van der Waals surface area (Å²) in [5.74, 6) is -0.182. The first-order chi connectivity index (χ1) is 9.74. The molecule has 0 atom stereocenters. The molecule has 3 heterocycles. The number of anilines is 1. The highest BCUT2D eigenvalue weighted by atomic mass is 35.5. The van der Waals surface area contributed by atoms with Crippen molar-refractivity contribution in [3.8, 4) is 0 Å². The number of thioether (sulfide) groups is 1. The third kappa shape index (κ3) is 3.57. The number of amides is 1. The lowest BCUT2D eigenvalue weighted by molar-refractivity contribution is -0.113. The van der Waals surface area contributed by atoms with Gasteiger partial charge < -0.3 is 10.6 Å². The molecule has 2 aliphatic rings. The molecule has 1 aromatic heterocycles. The minimum absolute atomic E-state index is 0. The molecule has 2 N–H and O–H groups in total. The molecule has 0 aromatic carbocycles. The molecule has 1 fully saturated rings. The van der Waals surface area contributed by atoms with Gasteiger partial charge in [0.15, 0.2) is 5.17 Å². The number of hydrogen-bond acceptors (Lipinski definition) is 5. The zero-order valence-corrected chi connectivity index (χ0v) is 13.1. The van der Waals surface area contributed by atoms with Crippen molar-refractivity contribution in [1.29, 1.82) is 0 Å². The number of halogens is 1. The lowest BCUT2D eigenvalue weighted by Gasteiger charge is -2.27. The van der Waals surface area contributed by atoms with Gasteiger partial charge in [0, 0.05) is 36.7 Å². The maximum absolute atomic E-state index is 12.0. The van der Waals surface area contributed by atoms with Crippen LogP contribution in [0.25, 0.3) is 6.08 Å². The number of nitrogens with two attached hydrogens (primary N) is 1. The molecule has 7 heteroatoms. The summed E-state index contributed by atoms with van der Waals surface area (Å²) in [6.07, 6.45) is 8.67. The van der Waals surface area contributed by atoms with Crippen LogP contribution < -0.4 is 5.73 Å². The van der Waals surface area contributed by atoms with E-state index in [-0.39, 0.29) is 18.3 Å². The van der Waals surface area contributed by atoms with E-state index in [0.717, 1.165) is 23.8 Å². The van der Waals surface area contributed by atoms with Crippen molar-refractivity contribution in [3.63, 3.8) is 0 Å². The second-order valence-corrected chi connectivity index (χ2v) is 5.87. The van der Waals surface area contributed by atoms with E-state index < -0.39 is 0 Å². The number of likely N-dealkylation sites (tertiary alicyclic amines) is 1. The van der Waals surface area contributed by atoms with E-state index in [9.17, 15) is 4.79 Å². The van der Waals surface area contributed by atoms with Gasteiger partial charge in [-0.1, -0.05) is 0 Å². The van der Waals surface area contributed by atoms with Crippen LogP contribution in [0.3, 0.4) is 0 Å². The van der Waals surface area contributed by atoms with Gasteiger partial charge in [0.25, 0.3) is 5.91 Å². The van der Waals surface area contributed by atoms with E-state index in [1.165, 1.54) is 31.0 Å². The average Bonchev–Trinajstić information content (AvgIpc) is 2.84. The van der Waals surface area contributed by atoms with Gasteiger partial charge in [-0.25, -0.2) is 0 Å². The molecule has 0 spiro atoms. The summed E-state index contributed by atoms with van der Waals surface area (Å²) in [7, 11) is 0. The predicted octanol–water partition coefficient (Wildman–Crippen LogP) is 2.54. The van der Waals surface area contributed by atoms with Gasteiger partial charge in [0.2, 0.25) is 0 Å². The predicted molar refractivity (Wildman–Crippen MR) is 89.3 cm³/mol. The molecule has 1 saturated heterocycles. The van der Waals surface area contributed by atoms with Gasteiger partial charge in [0.1, 0.15) is 0 Å². The second-order valence-electron chi connectivity index (χ2n) is 4.86. The van der Waals surface area contributed by atoms with Crippen LogP contribution in [-0.4, -0.2) is 34.0 Å². The average molecular weight is 325 g/mol. The SMILES string of the molecule is Cl.Nc1ccncc1/C=C1\SC(N2CCCCC2)=NC1=O. The van der Waals surface area contributed by atoms with Gasteiger partial charge in [-0.3, -0.25) is 9.78 Å². The first-order valence-corrected chi connectivity index (χ1v) is 7.53. The standard InChI is InChI=1S/C14H16N4OS.ClH/c15-11-4-5-16-9-10(11)8-12-13(19)17-14(20-12)18-6-2-1-3-7-18;/h4-5,8-9H,1-3,6-7H2,(H2,15,16);1H/b12-8-;. The van der Waals surface area contributed by atoms with Crippen molar-refractivity contribution in [3.05, 3.63) is 28.9 Å². The Morgan fingerprint density at radius 3 is 2.76 bits per heavy atom. The minimum atomic E-state index is -0.182. The summed E-state index contributed by atoms with van der Waals surface area (Å²) in [6, 6.07) is 1.73. The molecular formula is C14H17ClN4OS. The van der Waals surface area contributed by atoms with Crippen molar-refractivity contribution in [2.45, 2.75) is 19.3 Å². The number of aliphatic imine (C=N–C) groups is 1. The first kappa shape index (κ1) is 15.9. The van der Waals surface area contributed by atoms with E-state index >= 15 is 0 Å². The topological polar surface area (TPSA) is 71.6 Å². The van der Waals surface area contributed by atoms with Crippen LogP contribution in [0.1, 0.15) is 24.8 Å². The van der Waals surface area contributed by atoms with Gasteiger partial charge >= 0.3 is 0 Å². The molecular weight excluding hydrogens is 308 g/mol. The first-order valence-electron chi connectivity index (χ1n) is 6.71. The fourth-order valence-corrected chi connectivity index (χ4v) is 3.25. The number of carbonyl (C=O) groups is 1. The quantitative estimate of drug-likeness (QED) is 0.804. The number of rotatable bonds is 1. The Balaban J connectivity index is 0.00000161. The number of pyridine rings is 1. The fraction of sp³-hybridized carbons (Fsp3) is 0.357. The van der Waals surface area contributed by atoms with Crippen LogP contribution in [0.15, 0.2) is 28.4 Å². The van der Waals surface area contributed by atoms with E-state index in [0.29, 0.717) is 10.6 Å². The van der Waals surface area contributed by atoms with Crippen LogP contribution in [0.2, 0.25) is 0 Å². The number of carbonyl (C=O) groups excluding carboxylic acids is 1. The Kier molecular flexibility index (Phi) is 5.25. The number of aromatic nitrogens is 1. The highest BCUT2D eigenvalue weighted by Crippen LogP contribution is 2.32. The second kappa shape index (κ2) is 6.95. The van der Waals surface area contributed by atoms with Crippen LogP contribution in [0, 0.1) is 0 Å². The van der Waals surface area contributed by atoms with E-state index in [4.69, 9.17) is 5.73 Å². The molecule has 112 valence electrons. The lowest BCUT2D eigenvalue weighted by Crippen LogP contribution is -2.33. The molecule has 0 unspecified atom stereocenters. The summed E-state index contributed by atoms with van der Waals surface area (Å²) in [5, 5.41) is 0.823. The third-order valence-corrected chi connectivity index (χ3v) is 4.45. The number of piperidine rings is 1. The molecule has 0 aliphatic carbocycles. The van der Waals surface area contributed by atoms with Crippen molar-refractivity contribution in [2.24, 2.45) is 4.99 Å². The van der Waals surface area contributed by atoms with Crippen LogP contribution in [0.5, 0.6) is 0 Å². The van der Waals surface area contributed by atoms with Gasteiger partial charge in [0.05, 0.1) is 4.91 Å². The summed E-state index contributed by atoms with van der Waals surface area (Å²) in [5.41, 5.74) is 7.25. The fourth-order valence-electron chi connectivity index (χ4n) is 2.30. The molecule has 1 aromatic rings. The Hall–Kier alpha value is -1.53. The van der Waals surface area contributed by atoms with Crippen molar-refractivity contribution >= 4 is 47.0 Å². The smallest absolute Gasteiger partial charge is 0.286 e. The van der Waals surface area contributed by atoms with Gasteiger partial charge in [-0.05, 0) is 43.2 Å². The van der Waals surface area contributed by atoms with Gasteiger partial charge in [-0.2, -0.15) is 4.99 Å². The maximum atomic E-state index is 12.0. The van der Waals surface area contributed by atoms with Crippen LogP contribution in [0.4, 0.5) is 5.69 Å². The van der Waals surface area contributed by atoms with E-state index in [2.05, 4.69) is 14.9 Å². The zero-order chi connectivity index (χ0) is 13.9. The molecule has 21 heavy (non-hydrogen) atoms. The Morgan fingerprint density at radius 2 is 2.05 bits per heavy atom. The zero-order valence-electron chi connectivity index (χ0n) is 11.5. The molecule has 0 saturated carbocycles. The van der Waals surface area contributed by atoms with Crippen molar-refractivity contribution < 1.29 is 4.79 Å². The highest BCUT2D eigenvalue weighted by molar-refractivity contribution is 8.18. The normalized spacial score (nSPS) is 20.4. The van der Waals surface area contributed by atoms with E-state index in [1.54, 1.807) is 24.5 Å². The Morgan fingerprint density at radius 1 is 1.29 bits per heavy atom. The Bertz CT molecular complexity index is 596. The molecule has 0 bridgehead atoms. The lowest BCUT2D eigenvalue weighted by atomic mass is 10.1. The van der Waals surface area contributed by atoms with Crippen LogP contribution in [-0.2, 0) is 4.79 Å². The number of amidine groups is 1. The number of nitrogens with zero attached hydrogens (tertiary/aromatic N) is 3. The summed E-state index contributed by atoms with van der Waals surface area (Å²) in [6.45, 7) is 1.98. The largest absolute Gasteiger partial charge is 0.398 e. The molecule has 0 radical (unpaired) electrons. The summed E-state index contributed by atoms with van der Waals surface area (Å²) >= 11 is 1.43. The highest BCUT2D eigenvalue weighted by Gasteiger charge is 2.26. The number of nitrogen functional groups attached to an aromatic ring is 1. The minimum Gasteiger partial charge on any atom is -0.398 e. The Labute approximate surface area is 134 Å². The van der Waals surface area contributed by atoms with Crippen molar-refractivity contribution in [2.75, 3.05) is 18.8 Å². The summed E-state index contributed by atoms with van der Waals surface area (Å²) < 4.78 is 0. The monoisotopic (exact) mass is 324 g/mol. The van der Waals surface area contributed by atoms with Crippen LogP contribution >= 0.6 is 24.2 Å². The molecule has 5 nitrogen and oxygen atoms in total. The molecule has 3 rings (SSSR count). The van der Waals surface area contributed by atoms with E-state index in [1.807, 2.05) is 0 Å². The third-order valence-electron chi connectivity index (χ3n) is 3.41. The van der Waals surface area contributed by atoms with Gasteiger partial charge in [-0.15, -0.1) is 12.4 Å². The summed E-state index contributed by atoms with van der Waals surface area (Å²) in [4.78, 5) is 23.0.